The summed E-state index contributed by atoms with van der Waals surface area (Å²) >= 11 is 0. The Labute approximate surface area is 110 Å². The molecule has 1 aromatic heterocycles. The summed E-state index contributed by atoms with van der Waals surface area (Å²) in [5.41, 5.74) is 0.567. The third-order valence-corrected chi connectivity index (χ3v) is 3.21. The van der Waals surface area contributed by atoms with Crippen LogP contribution in [0, 0.1) is 0 Å². The number of aromatic nitrogens is 2. The van der Waals surface area contributed by atoms with Crippen LogP contribution in [0.4, 0.5) is 0 Å². The van der Waals surface area contributed by atoms with Crippen LogP contribution in [-0.4, -0.2) is 51.5 Å². The Morgan fingerprint density at radius 1 is 1.63 bits per heavy atom. The van der Waals surface area contributed by atoms with E-state index in [4.69, 9.17) is 5.11 Å². The number of aromatic carboxylic acids is 1. The van der Waals surface area contributed by atoms with Gasteiger partial charge < -0.3 is 15.3 Å². The summed E-state index contributed by atoms with van der Waals surface area (Å²) in [4.78, 5) is 31.7. The molecule has 19 heavy (non-hydrogen) atoms. The number of hydrogen-bond acceptors (Lipinski definition) is 5. The minimum Gasteiger partial charge on any atom is -0.478 e. The van der Waals surface area contributed by atoms with E-state index in [9.17, 15) is 9.59 Å². The molecule has 0 aromatic carbocycles. The molecule has 0 spiro atoms. The van der Waals surface area contributed by atoms with Crippen molar-refractivity contribution in [2.75, 3.05) is 13.6 Å². The van der Waals surface area contributed by atoms with Crippen molar-refractivity contribution in [3.63, 3.8) is 0 Å². The predicted molar refractivity (Wildman–Crippen MR) is 66.5 cm³/mol. The summed E-state index contributed by atoms with van der Waals surface area (Å²) in [5, 5.41) is 12.3. The first kappa shape index (κ1) is 13.4. The van der Waals surface area contributed by atoms with Crippen molar-refractivity contribution < 1.29 is 14.7 Å². The first-order valence-electron chi connectivity index (χ1n) is 6.07. The lowest BCUT2D eigenvalue weighted by Gasteiger charge is -2.30. The second-order valence-corrected chi connectivity index (χ2v) is 4.58. The SMILES string of the molecule is CN1CC(NCc2ncncc2C(=O)O)CCC1=O. The first-order valence-corrected chi connectivity index (χ1v) is 6.07. The molecule has 2 N–H and O–H groups in total. The molecule has 0 bridgehead atoms. The number of nitrogens with zero attached hydrogens (tertiary/aromatic N) is 3. The van der Waals surface area contributed by atoms with Gasteiger partial charge in [0, 0.05) is 38.8 Å². The highest BCUT2D eigenvalue weighted by molar-refractivity contribution is 5.88. The van der Waals surface area contributed by atoms with Crippen LogP contribution in [0.3, 0.4) is 0 Å². The molecule has 7 heteroatoms. The van der Waals surface area contributed by atoms with Gasteiger partial charge in [0.15, 0.2) is 0 Å². The van der Waals surface area contributed by atoms with Gasteiger partial charge in [-0.15, -0.1) is 0 Å². The van der Waals surface area contributed by atoms with E-state index in [1.54, 1.807) is 11.9 Å². The number of rotatable bonds is 4. The van der Waals surface area contributed by atoms with Gasteiger partial charge in [-0.1, -0.05) is 0 Å². The zero-order valence-electron chi connectivity index (χ0n) is 10.7. The van der Waals surface area contributed by atoms with E-state index < -0.39 is 5.97 Å². The molecule has 2 rings (SSSR count). The number of carboxylic acid groups (broad SMARTS) is 1. The lowest BCUT2D eigenvalue weighted by molar-refractivity contribution is -0.132. The van der Waals surface area contributed by atoms with Crippen LogP contribution in [0.25, 0.3) is 0 Å². The summed E-state index contributed by atoms with van der Waals surface area (Å²) in [6.45, 7) is 0.989. The summed E-state index contributed by atoms with van der Waals surface area (Å²) < 4.78 is 0. The van der Waals surface area contributed by atoms with Crippen molar-refractivity contribution in [1.29, 1.82) is 0 Å². The minimum absolute atomic E-state index is 0.107. The highest BCUT2D eigenvalue weighted by Crippen LogP contribution is 2.11. The molecule has 0 aliphatic carbocycles. The van der Waals surface area contributed by atoms with Crippen molar-refractivity contribution in [3.05, 3.63) is 23.8 Å². The van der Waals surface area contributed by atoms with Crippen LogP contribution in [0.2, 0.25) is 0 Å². The summed E-state index contributed by atoms with van der Waals surface area (Å²) in [7, 11) is 1.77. The second-order valence-electron chi connectivity index (χ2n) is 4.58. The number of piperidine rings is 1. The Balaban J connectivity index is 1.96. The van der Waals surface area contributed by atoms with Gasteiger partial charge in [-0.25, -0.2) is 14.8 Å². The molecule has 0 saturated carbocycles. The number of nitrogens with one attached hydrogen (secondary N) is 1. The van der Waals surface area contributed by atoms with E-state index >= 15 is 0 Å². The fraction of sp³-hybridized carbons (Fsp3) is 0.500. The van der Waals surface area contributed by atoms with Gasteiger partial charge >= 0.3 is 5.97 Å². The van der Waals surface area contributed by atoms with Gasteiger partial charge in [-0.2, -0.15) is 0 Å². The molecule has 102 valence electrons. The van der Waals surface area contributed by atoms with E-state index in [1.807, 2.05) is 0 Å². The van der Waals surface area contributed by atoms with Crippen LogP contribution >= 0.6 is 0 Å². The van der Waals surface area contributed by atoms with Crippen LogP contribution < -0.4 is 5.32 Å². The van der Waals surface area contributed by atoms with E-state index in [0.29, 0.717) is 25.2 Å². The average molecular weight is 264 g/mol. The fourth-order valence-corrected chi connectivity index (χ4v) is 2.09. The summed E-state index contributed by atoms with van der Waals surface area (Å²) in [5.74, 6) is -0.889. The third kappa shape index (κ3) is 3.25. The van der Waals surface area contributed by atoms with Gasteiger partial charge in [0.05, 0.1) is 5.69 Å². The quantitative estimate of drug-likeness (QED) is 0.787. The Morgan fingerprint density at radius 2 is 2.42 bits per heavy atom. The van der Waals surface area contributed by atoms with Gasteiger partial charge in [0.1, 0.15) is 11.9 Å². The number of amides is 1. The highest BCUT2D eigenvalue weighted by Gasteiger charge is 2.23. The Hall–Kier alpha value is -2.02. The van der Waals surface area contributed by atoms with Crippen LogP contribution in [0.15, 0.2) is 12.5 Å². The molecule has 1 saturated heterocycles. The minimum atomic E-state index is -1.03. The van der Waals surface area contributed by atoms with Gasteiger partial charge in [0.25, 0.3) is 0 Å². The van der Waals surface area contributed by atoms with E-state index in [1.165, 1.54) is 12.5 Å². The number of likely N-dealkylation sites (N-methyl/N-ethyl adjacent to an activating group) is 1. The first-order chi connectivity index (χ1) is 9.08. The Bertz CT molecular complexity index is 492. The van der Waals surface area contributed by atoms with Crippen molar-refractivity contribution in [2.45, 2.75) is 25.4 Å². The Kier molecular flexibility index (Phi) is 4.06. The van der Waals surface area contributed by atoms with Crippen molar-refractivity contribution >= 4 is 11.9 Å². The number of likely N-dealkylation sites (tertiary alicyclic amines) is 1. The van der Waals surface area contributed by atoms with Gasteiger partial charge in [-0.3, -0.25) is 4.79 Å². The van der Waals surface area contributed by atoms with E-state index in [-0.39, 0.29) is 17.5 Å². The zero-order valence-corrected chi connectivity index (χ0v) is 10.7. The Morgan fingerprint density at radius 3 is 3.11 bits per heavy atom. The molecule has 1 amide bonds. The van der Waals surface area contributed by atoms with E-state index in [2.05, 4.69) is 15.3 Å². The van der Waals surface area contributed by atoms with Crippen LogP contribution in [0.5, 0.6) is 0 Å². The number of carbonyl (C=O) groups is 2. The molecular weight excluding hydrogens is 248 g/mol. The number of hydrogen-bond donors (Lipinski definition) is 2. The standard InChI is InChI=1S/C12H16N4O3/c1-16-6-8(2-3-11(16)17)14-5-10-9(12(18)19)4-13-7-15-10/h4,7-8,14H,2-3,5-6H2,1H3,(H,18,19). The van der Waals surface area contributed by atoms with Crippen molar-refractivity contribution in [2.24, 2.45) is 0 Å². The van der Waals surface area contributed by atoms with Crippen LogP contribution in [-0.2, 0) is 11.3 Å². The highest BCUT2D eigenvalue weighted by atomic mass is 16.4. The smallest absolute Gasteiger partial charge is 0.339 e. The predicted octanol–water partition coefficient (Wildman–Crippen LogP) is -0.115. The summed E-state index contributed by atoms with van der Waals surface area (Å²) in [6, 6.07) is 0.166. The number of carboxylic acids is 1. The topological polar surface area (TPSA) is 95.4 Å². The second kappa shape index (κ2) is 5.75. The van der Waals surface area contributed by atoms with Crippen LogP contribution in [0.1, 0.15) is 28.9 Å². The maximum Gasteiger partial charge on any atom is 0.339 e. The molecule has 1 aliphatic rings. The third-order valence-electron chi connectivity index (χ3n) is 3.21. The summed E-state index contributed by atoms with van der Waals surface area (Å²) in [6.07, 6.45) is 3.91. The zero-order chi connectivity index (χ0) is 13.8. The largest absolute Gasteiger partial charge is 0.478 e. The lowest BCUT2D eigenvalue weighted by atomic mass is 10.1. The van der Waals surface area contributed by atoms with Gasteiger partial charge in [0.2, 0.25) is 5.91 Å². The van der Waals surface area contributed by atoms with Crippen molar-refractivity contribution in [1.82, 2.24) is 20.2 Å². The van der Waals surface area contributed by atoms with Crippen molar-refractivity contribution in [3.8, 4) is 0 Å². The molecule has 0 radical (unpaired) electrons. The molecule has 1 aromatic rings. The van der Waals surface area contributed by atoms with Gasteiger partial charge in [-0.05, 0) is 6.42 Å². The molecular formula is C12H16N4O3. The molecule has 1 fully saturated rings. The maximum atomic E-state index is 11.4. The molecule has 7 nitrogen and oxygen atoms in total. The van der Waals surface area contributed by atoms with E-state index in [0.717, 1.165) is 6.42 Å². The number of carbonyl (C=O) groups excluding carboxylic acids is 1. The average Bonchev–Trinajstić information content (AvgIpc) is 2.40. The normalized spacial score (nSPS) is 19.5. The lowest BCUT2D eigenvalue weighted by Crippen LogP contribution is -2.46. The maximum absolute atomic E-state index is 11.4. The molecule has 1 aliphatic heterocycles. The molecule has 1 atom stereocenters. The monoisotopic (exact) mass is 264 g/mol. The molecule has 1 unspecified atom stereocenters. The fourth-order valence-electron chi connectivity index (χ4n) is 2.09. The molecule has 2 heterocycles.